The van der Waals surface area contributed by atoms with E-state index in [4.69, 9.17) is 37.6 Å². The normalized spacial score (nSPS) is 25.4. The quantitative estimate of drug-likeness (QED) is 0.323. The van der Waals surface area contributed by atoms with E-state index in [1.807, 2.05) is 0 Å². The first-order chi connectivity index (χ1) is 16.0. The van der Waals surface area contributed by atoms with E-state index in [2.05, 4.69) is 0 Å². The predicted molar refractivity (Wildman–Crippen MR) is 125 cm³/mol. The standard InChI is InChI=1S/C22H26B3FO7S/c23-9-15-5-16(10-24)18(11-25)17(6-15)20(27)32-12-22(33-21(28)19(26)34(29,30)31)7-13-2-1-3-14(4-13)8-22/h5-6,13-14,19H,1-4,7-12H2,(H,29,30,31). The molecule has 0 heterocycles. The largest absolute Gasteiger partial charge is 0.458 e. The Labute approximate surface area is 203 Å². The minimum atomic E-state index is -5.28. The number of hydrogen-bond acceptors (Lipinski definition) is 6. The van der Waals surface area contributed by atoms with Crippen molar-refractivity contribution in [2.24, 2.45) is 11.8 Å². The molecule has 0 aliphatic heterocycles. The lowest BCUT2D eigenvalue weighted by atomic mass is 9.66. The fraction of sp³-hybridized carbons (Fsp3) is 0.636. The highest BCUT2D eigenvalue weighted by molar-refractivity contribution is 7.87. The number of hydrogen-bond donors (Lipinski definition) is 1. The van der Waals surface area contributed by atoms with E-state index in [0.29, 0.717) is 29.5 Å². The summed E-state index contributed by atoms with van der Waals surface area (Å²) in [4.78, 5) is 25.3. The molecule has 12 heteroatoms. The Morgan fingerprint density at radius 3 is 2.29 bits per heavy atom. The lowest BCUT2D eigenvalue weighted by Crippen LogP contribution is -2.50. The second-order valence-corrected chi connectivity index (χ2v) is 10.7. The molecule has 2 saturated carbocycles. The van der Waals surface area contributed by atoms with Gasteiger partial charge in [0.05, 0.1) is 29.1 Å². The van der Waals surface area contributed by atoms with Crippen molar-refractivity contribution in [1.82, 2.24) is 0 Å². The lowest BCUT2D eigenvalue weighted by molar-refractivity contribution is -0.179. The van der Waals surface area contributed by atoms with Crippen LogP contribution in [0.1, 0.15) is 65.6 Å². The Bertz CT molecular complexity index is 1020. The van der Waals surface area contributed by atoms with Crippen molar-refractivity contribution < 1.29 is 36.4 Å². The van der Waals surface area contributed by atoms with Crippen LogP contribution in [0, 0.1) is 11.8 Å². The zero-order chi connectivity index (χ0) is 25.1. The van der Waals surface area contributed by atoms with Gasteiger partial charge in [0.15, 0.2) is 0 Å². The minimum Gasteiger partial charge on any atom is -0.458 e. The lowest BCUT2D eigenvalue weighted by Gasteiger charge is -2.46. The molecule has 3 unspecified atom stereocenters. The Kier molecular flexibility index (Phi) is 8.55. The number of esters is 2. The number of ether oxygens (including phenoxy) is 2. The summed E-state index contributed by atoms with van der Waals surface area (Å²) in [6.07, 6.45) is 4.57. The Hall–Kier alpha value is -1.81. The second-order valence-electron chi connectivity index (χ2n) is 9.21. The van der Waals surface area contributed by atoms with Crippen molar-refractivity contribution >= 4 is 45.6 Å². The summed E-state index contributed by atoms with van der Waals surface area (Å²) in [5.41, 5.74) is -2.64. The van der Waals surface area contributed by atoms with Crippen molar-refractivity contribution in [3.8, 4) is 0 Å². The molecule has 34 heavy (non-hydrogen) atoms. The molecule has 178 valence electrons. The van der Waals surface area contributed by atoms with Crippen LogP contribution >= 0.6 is 0 Å². The van der Waals surface area contributed by atoms with E-state index in [9.17, 15) is 22.4 Å². The van der Waals surface area contributed by atoms with Gasteiger partial charge in [-0.25, -0.2) is 14.0 Å². The SMILES string of the molecule is [B]Cc1cc(C[B])c(C[B])c(C(=O)OCC2(OC(=O)C(F)S(=O)(=O)O)CC3CCCC(C3)C2)c1. The number of rotatable bonds is 9. The second kappa shape index (κ2) is 10.9. The van der Waals surface area contributed by atoms with Crippen LogP contribution in [0.5, 0.6) is 0 Å². The smallest absolute Gasteiger partial charge is 0.360 e. The summed E-state index contributed by atoms with van der Waals surface area (Å²) in [5.74, 6) is -2.14. The van der Waals surface area contributed by atoms with Gasteiger partial charge in [-0.3, -0.25) is 4.55 Å². The maximum atomic E-state index is 14.0. The zero-order valence-electron chi connectivity index (χ0n) is 18.9. The van der Waals surface area contributed by atoms with Crippen LogP contribution in [0.4, 0.5) is 4.39 Å². The van der Waals surface area contributed by atoms with Gasteiger partial charge in [-0.2, -0.15) is 8.42 Å². The molecule has 7 nitrogen and oxygen atoms in total. The van der Waals surface area contributed by atoms with Gasteiger partial charge in [-0.1, -0.05) is 55.4 Å². The molecule has 1 N–H and O–H groups in total. The fourth-order valence-corrected chi connectivity index (χ4v) is 5.61. The Balaban J connectivity index is 1.86. The third kappa shape index (κ3) is 6.06. The summed E-state index contributed by atoms with van der Waals surface area (Å²) < 4.78 is 56.1. The Morgan fingerprint density at radius 2 is 1.76 bits per heavy atom. The molecule has 0 saturated heterocycles. The van der Waals surface area contributed by atoms with E-state index in [0.717, 1.165) is 25.7 Å². The third-order valence-corrected chi connectivity index (χ3v) is 7.44. The fourth-order valence-electron chi connectivity index (χ4n) is 5.32. The van der Waals surface area contributed by atoms with Crippen molar-refractivity contribution in [3.63, 3.8) is 0 Å². The summed E-state index contributed by atoms with van der Waals surface area (Å²) in [6.45, 7) is -0.391. The van der Waals surface area contributed by atoms with Gasteiger partial charge < -0.3 is 9.47 Å². The van der Waals surface area contributed by atoms with Crippen molar-refractivity contribution in [2.75, 3.05) is 6.61 Å². The van der Waals surface area contributed by atoms with Gasteiger partial charge in [0, 0.05) is 0 Å². The first-order valence-corrected chi connectivity index (χ1v) is 12.8. The minimum absolute atomic E-state index is 0.0317. The molecule has 1 aromatic rings. The maximum absolute atomic E-state index is 14.0. The van der Waals surface area contributed by atoms with Crippen LogP contribution in [-0.2, 0) is 43.3 Å². The van der Waals surface area contributed by atoms with E-state index in [-0.39, 0.29) is 36.4 Å². The van der Waals surface area contributed by atoms with E-state index in [1.54, 1.807) is 12.1 Å². The molecule has 0 amide bonds. The first-order valence-electron chi connectivity index (χ1n) is 11.3. The van der Waals surface area contributed by atoms with Crippen molar-refractivity contribution in [2.45, 2.75) is 68.6 Å². The molecular formula is C22H26B3FO7S. The summed E-state index contributed by atoms with van der Waals surface area (Å²) in [7, 11) is 12.1. The molecule has 2 bridgehead atoms. The van der Waals surface area contributed by atoms with Crippen LogP contribution in [-0.4, -0.2) is 66.2 Å². The topological polar surface area (TPSA) is 107 Å². The van der Waals surface area contributed by atoms with Crippen LogP contribution in [0.3, 0.4) is 0 Å². The summed E-state index contributed by atoms with van der Waals surface area (Å²) in [5, 5.41) is 0. The molecule has 1 aromatic carbocycles. The van der Waals surface area contributed by atoms with Crippen LogP contribution in [0.15, 0.2) is 12.1 Å². The van der Waals surface area contributed by atoms with E-state index in [1.165, 1.54) is 0 Å². The molecule has 3 atom stereocenters. The number of fused-ring (bicyclic) bond motifs is 2. The molecule has 2 fully saturated rings. The van der Waals surface area contributed by atoms with Crippen LogP contribution in [0.25, 0.3) is 0 Å². The summed E-state index contributed by atoms with van der Waals surface area (Å²) >= 11 is 0. The van der Waals surface area contributed by atoms with Gasteiger partial charge in [0.25, 0.3) is 0 Å². The van der Waals surface area contributed by atoms with Crippen molar-refractivity contribution in [1.29, 1.82) is 0 Å². The zero-order valence-corrected chi connectivity index (χ0v) is 19.7. The average molecular weight is 486 g/mol. The number of alkyl halides is 1. The number of halogens is 1. The van der Waals surface area contributed by atoms with Crippen LogP contribution in [0.2, 0.25) is 0 Å². The molecule has 6 radical (unpaired) electrons. The number of carbonyl (C=O) groups excluding carboxylic acids is 2. The maximum Gasteiger partial charge on any atom is 0.360 e. The third-order valence-electron chi connectivity index (χ3n) is 6.72. The van der Waals surface area contributed by atoms with E-state index < -0.39 is 39.8 Å². The van der Waals surface area contributed by atoms with Gasteiger partial charge in [0.1, 0.15) is 12.2 Å². The van der Waals surface area contributed by atoms with Crippen LogP contribution < -0.4 is 0 Å². The molecule has 0 aromatic heterocycles. The van der Waals surface area contributed by atoms with E-state index >= 15 is 0 Å². The highest BCUT2D eigenvalue weighted by atomic mass is 32.2. The molecule has 3 rings (SSSR count). The highest BCUT2D eigenvalue weighted by Gasteiger charge is 2.48. The molecule has 0 spiro atoms. The molecule has 2 aliphatic carbocycles. The van der Waals surface area contributed by atoms with Gasteiger partial charge >= 0.3 is 27.6 Å². The van der Waals surface area contributed by atoms with Gasteiger partial charge in [-0.05, 0) is 42.7 Å². The summed E-state index contributed by atoms with van der Waals surface area (Å²) in [6, 6.07) is 3.33. The van der Waals surface area contributed by atoms with Crippen molar-refractivity contribution in [3.05, 3.63) is 34.4 Å². The Morgan fingerprint density at radius 1 is 1.12 bits per heavy atom. The molecular weight excluding hydrogens is 460 g/mol. The average Bonchev–Trinajstić information content (AvgIpc) is 2.80. The predicted octanol–water partition coefficient (Wildman–Crippen LogP) is 1.91. The monoisotopic (exact) mass is 486 g/mol. The first kappa shape index (κ1) is 26.8. The number of carbonyl (C=O) groups is 2. The molecule has 2 aliphatic rings. The van der Waals surface area contributed by atoms with Gasteiger partial charge in [0.2, 0.25) is 0 Å². The highest BCUT2D eigenvalue weighted by Crippen LogP contribution is 2.46. The number of benzene rings is 1. The van der Waals surface area contributed by atoms with Gasteiger partial charge in [-0.15, -0.1) is 0 Å².